The summed E-state index contributed by atoms with van der Waals surface area (Å²) >= 11 is 3.47. The predicted molar refractivity (Wildman–Crippen MR) is 75.0 cm³/mol. The van der Waals surface area contributed by atoms with Gasteiger partial charge < -0.3 is 15.5 Å². The molecule has 0 unspecified atom stereocenters. The lowest BCUT2D eigenvalue weighted by Crippen LogP contribution is -2.24. The van der Waals surface area contributed by atoms with Crippen LogP contribution < -0.4 is 10.6 Å². The molecule has 0 amide bonds. The van der Waals surface area contributed by atoms with Crippen LogP contribution in [-0.4, -0.2) is 39.1 Å². The lowest BCUT2D eigenvalue weighted by atomic mass is 10.2. The fourth-order valence-electron chi connectivity index (χ4n) is 1.59. The summed E-state index contributed by atoms with van der Waals surface area (Å²) < 4.78 is 1.07. The molecule has 16 heavy (non-hydrogen) atoms. The first-order chi connectivity index (χ1) is 7.50. The molecule has 4 heteroatoms. The number of hydrogen-bond donors (Lipinski definition) is 1. The van der Waals surface area contributed by atoms with Gasteiger partial charge in [-0.3, -0.25) is 0 Å². The summed E-state index contributed by atoms with van der Waals surface area (Å²) in [4.78, 5) is 4.39. The highest BCUT2D eigenvalue weighted by Gasteiger charge is 2.05. The van der Waals surface area contributed by atoms with Crippen LogP contribution in [0.2, 0.25) is 0 Å². The minimum atomic E-state index is 0.829. The van der Waals surface area contributed by atoms with Crippen molar-refractivity contribution in [2.24, 2.45) is 0 Å². The molecule has 1 rings (SSSR count). The van der Waals surface area contributed by atoms with Crippen molar-refractivity contribution in [3.05, 3.63) is 22.7 Å². The Morgan fingerprint density at radius 3 is 2.50 bits per heavy atom. The van der Waals surface area contributed by atoms with E-state index in [2.05, 4.69) is 52.9 Å². The first-order valence-electron chi connectivity index (χ1n) is 5.41. The van der Waals surface area contributed by atoms with Crippen molar-refractivity contribution < 1.29 is 0 Å². The van der Waals surface area contributed by atoms with E-state index in [0.29, 0.717) is 0 Å². The van der Waals surface area contributed by atoms with Crippen LogP contribution >= 0.6 is 15.9 Å². The van der Waals surface area contributed by atoms with Gasteiger partial charge in [0, 0.05) is 18.1 Å². The van der Waals surface area contributed by atoms with Crippen molar-refractivity contribution in [2.75, 3.05) is 44.9 Å². The van der Waals surface area contributed by atoms with E-state index in [1.807, 2.05) is 12.1 Å². The van der Waals surface area contributed by atoms with E-state index in [-0.39, 0.29) is 0 Å². The molecule has 0 saturated carbocycles. The zero-order chi connectivity index (χ0) is 12.1. The molecule has 1 aromatic rings. The Bertz CT molecular complexity index is 339. The molecule has 0 atom stereocenters. The summed E-state index contributed by atoms with van der Waals surface area (Å²) in [5.41, 5.74) is 7.87. The van der Waals surface area contributed by atoms with Gasteiger partial charge in [-0.15, -0.1) is 0 Å². The molecule has 90 valence electrons. The van der Waals surface area contributed by atoms with E-state index in [1.165, 1.54) is 0 Å². The number of halogens is 1. The van der Waals surface area contributed by atoms with Gasteiger partial charge in [0.05, 0.1) is 11.4 Å². The molecule has 1 aromatic carbocycles. The summed E-state index contributed by atoms with van der Waals surface area (Å²) in [5.74, 6) is 0. The zero-order valence-corrected chi connectivity index (χ0v) is 11.8. The molecule has 2 N–H and O–H groups in total. The maximum atomic E-state index is 5.95. The molecule has 0 heterocycles. The fourth-order valence-corrected chi connectivity index (χ4v) is 1.94. The van der Waals surface area contributed by atoms with Gasteiger partial charge >= 0.3 is 0 Å². The summed E-state index contributed by atoms with van der Waals surface area (Å²) in [6, 6.07) is 5.96. The molecule has 3 nitrogen and oxygen atoms in total. The number of nitrogens with zero attached hydrogens (tertiary/aromatic N) is 2. The molecule has 0 radical (unpaired) electrons. The third-order valence-electron chi connectivity index (χ3n) is 2.50. The van der Waals surface area contributed by atoms with Crippen LogP contribution in [0.15, 0.2) is 22.7 Å². The second kappa shape index (κ2) is 6.11. The number of rotatable bonds is 5. The molecule has 0 fully saturated rings. The van der Waals surface area contributed by atoms with Crippen molar-refractivity contribution in [1.29, 1.82) is 0 Å². The Balaban J connectivity index is 2.58. The van der Waals surface area contributed by atoms with E-state index in [1.54, 1.807) is 0 Å². The molecule has 0 spiro atoms. The standard InChI is InChI=1S/C12H20BrN3/c1-15(2)7-4-8-16(3)12-9-10(13)5-6-11(12)14/h5-6,9H,4,7-8,14H2,1-3H3. The van der Waals surface area contributed by atoms with Crippen LogP contribution in [0.1, 0.15) is 6.42 Å². The Morgan fingerprint density at radius 1 is 1.19 bits per heavy atom. The third kappa shape index (κ3) is 4.02. The van der Waals surface area contributed by atoms with Gasteiger partial charge in [-0.2, -0.15) is 0 Å². The number of hydrogen-bond acceptors (Lipinski definition) is 3. The molecule has 0 saturated heterocycles. The maximum Gasteiger partial charge on any atom is 0.0608 e. The highest BCUT2D eigenvalue weighted by Crippen LogP contribution is 2.26. The highest BCUT2D eigenvalue weighted by molar-refractivity contribution is 9.10. The summed E-state index contributed by atoms with van der Waals surface area (Å²) in [5, 5.41) is 0. The minimum Gasteiger partial charge on any atom is -0.397 e. The third-order valence-corrected chi connectivity index (χ3v) is 3.00. The zero-order valence-electron chi connectivity index (χ0n) is 10.2. The Labute approximate surface area is 106 Å². The Morgan fingerprint density at radius 2 is 1.88 bits per heavy atom. The summed E-state index contributed by atoms with van der Waals surface area (Å²) in [6.45, 7) is 2.11. The minimum absolute atomic E-state index is 0.829. The normalized spacial score (nSPS) is 10.8. The average Bonchev–Trinajstić information content (AvgIpc) is 2.21. The Hall–Kier alpha value is -0.740. The molecule has 0 aliphatic carbocycles. The topological polar surface area (TPSA) is 32.5 Å². The second-order valence-corrected chi connectivity index (χ2v) is 5.20. The number of benzene rings is 1. The average molecular weight is 286 g/mol. The van der Waals surface area contributed by atoms with Crippen LogP contribution in [0, 0.1) is 0 Å². The second-order valence-electron chi connectivity index (χ2n) is 4.28. The number of nitrogens with two attached hydrogens (primary N) is 1. The predicted octanol–water partition coefficient (Wildman–Crippen LogP) is 2.42. The van der Waals surface area contributed by atoms with Crippen molar-refractivity contribution in [1.82, 2.24) is 4.90 Å². The smallest absolute Gasteiger partial charge is 0.0608 e. The van der Waals surface area contributed by atoms with Crippen molar-refractivity contribution in [3.63, 3.8) is 0 Å². The molecular weight excluding hydrogens is 266 g/mol. The molecule has 0 bridgehead atoms. The van der Waals surface area contributed by atoms with Gasteiger partial charge in [0.25, 0.3) is 0 Å². The van der Waals surface area contributed by atoms with E-state index in [9.17, 15) is 0 Å². The molecular formula is C12H20BrN3. The van der Waals surface area contributed by atoms with Gasteiger partial charge in [0.1, 0.15) is 0 Å². The first kappa shape index (κ1) is 13.3. The van der Waals surface area contributed by atoms with Gasteiger partial charge in [0.15, 0.2) is 0 Å². The van der Waals surface area contributed by atoms with Crippen LogP contribution in [0.3, 0.4) is 0 Å². The number of nitrogen functional groups attached to an aromatic ring is 1. The van der Waals surface area contributed by atoms with Crippen LogP contribution in [0.25, 0.3) is 0 Å². The monoisotopic (exact) mass is 285 g/mol. The first-order valence-corrected chi connectivity index (χ1v) is 6.21. The molecule has 0 aliphatic rings. The van der Waals surface area contributed by atoms with E-state index in [4.69, 9.17) is 5.73 Å². The van der Waals surface area contributed by atoms with Crippen molar-refractivity contribution >= 4 is 27.3 Å². The molecule has 0 aromatic heterocycles. The van der Waals surface area contributed by atoms with Crippen LogP contribution in [0.4, 0.5) is 11.4 Å². The maximum absolute atomic E-state index is 5.95. The Kier molecular flexibility index (Phi) is 5.09. The van der Waals surface area contributed by atoms with Crippen molar-refractivity contribution in [3.8, 4) is 0 Å². The lowest BCUT2D eigenvalue weighted by molar-refractivity contribution is 0.402. The van der Waals surface area contributed by atoms with E-state index >= 15 is 0 Å². The van der Waals surface area contributed by atoms with Gasteiger partial charge in [-0.05, 0) is 45.3 Å². The fraction of sp³-hybridized carbons (Fsp3) is 0.500. The quantitative estimate of drug-likeness (QED) is 0.844. The summed E-state index contributed by atoms with van der Waals surface area (Å²) in [7, 11) is 6.26. The highest BCUT2D eigenvalue weighted by atomic mass is 79.9. The summed E-state index contributed by atoms with van der Waals surface area (Å²) in [6.07, 6.45) is 1.13. The van der Waals surface area contributed by atoms with Gasteiger partial charge in [-0.1, -0.05) is 15.9 Å². The van der Waals surface area contributed by atoms with Gasteiger partial charge in [0.2, 0.25) is 0 Å². The SMILES string of the molecule is CN(C)CCCN(C)c1cc(Br)ccc1N. The van der Waals surface area contributed by atoms with Crippen LogP contribution in [-0.2, 0) is 0 Å². The number of anilines is 2. The van der Waals surface area contributed by atoms with E-state index < -0.39 is 0 Å². The molecule has 0 aliphatic heterocycles. The largest absolute Gasteiger partial charge is 0.397 e. The van der Waals surface area contributed by atoms with E-state index in [0.717, 1.165) is 35.4 Å². The van der Waals surface area contributed by atoms with Crippen LogP contribution in [0.5, 0.6) is 0 Å². The van der Waals surface area contributed by atoms with Crippen molar-refractivity contribution in [2.45, 2.75) is 6.42 Å². The lowest BCUT2D eigenvalue weighted by Gasteiger charge is -2.22. The van der Waals surface area contributed by atoms with Gasteiger partial charge in [-0.25, -0.2) is 0 Å².